The maximum Gasteiger partial charge on any atom is 0.321 e. The smallest absolute Gasteiger partial charge is 0.321 e. The minimum Gasteiger partial charge on any atom is -0.397 e. The Morgan fingerprint density at radius 1 is 0.852 bits per heavy atom. The summed E-state index contributed by atoms with van der Waals surface area (Å²) in [5.41, 5.74) is 2.39. The van der Waals surface area contributed by atoms with Crippen LogP contribution in [0.1, 0.15) is 93.9 Å². The second-order valence-corrected chi connectivity index (χ2v) is 17.2. The summed E-state index contributed by atoms with van der Waals surface area (Å²) in [7, 11) is -3.06. The van der Waals surface area contributed by atoms with Gasteiger partial charge in [0.2, 0.25) is 0 Å². The summed E-state index contributed by atoms with van der Waals surface area (Å²) in [6, 6.07) is 1.97. The van der Waals surface area contributed by atoms with Crippen LogP contribution in [-0.4, -0.2) is 47.9 Å². The van der Waals surface area contributed by atoms with E-state index >= 15 is 0 Å². The third-order valence-electron chi connectivity index (χ3n) is 6.83. The fraction of sp³-hybridized carbons (Fsp3) is 1.00. The first-order valence-corrected chi connectivity index (χ1v) is 15.8. The quantitative estimate of drug-likeness (QED) is 0.321. The molecule has 0 aromatic carbocycles. The third kappa shape index (κ3) is 6.66. The zero-order valence-corrected chi connectivity index (χ0v) is 21.9. The van der Waals surface area contributed by atoms with Crippen LogP contribution in [0.2, 0.25) is 22.7 Å². The summed E-state index contributed by atoms with van der Waals surface area (Å²) in [4.78, 5) is 0. The van der Waals surface area contributed by atoms with Crippen LogP contribution in [0.15, 0.2) is 0 Å². The van der Waals surface area contributed by atoms with Crippen molar-refractivity contribution in [3.05, 3.63) is 0 Å². The fourth-order valence-corrected chi connectivity index (χ4v) is 15.2. The molecule has 3 nitrogen and oxygen atoms in total. The molecule has 0 heterocycles. The van der Waals surface area contributed by atoms with Crippen LogP contribution in [-0.2, 0) is 8.85 Å². The molecule has 1 saturated carbocycles. The van der Waals surface area contributed by atoms with Crippen molar-refractivity contribution < 1.29 is 8.85 Å². The van der Waals surface area contributed by atoms with Crippen molar-refractivity contribution in [2.45, 2.75) is 123 Å². The highest BCUT2D eigenvalue weighted by Crippen LogP contribution is 2.46. The van der Waals surface area contributed by atoms with Crippen LogP contribution in [0.25, 0.3) is 0 Å². The van der Waals surface area contributed by atoms with E-state index < -0.39 is 17.5 Å². The molecule has 1 aliphatic rings. The van der Waals surface area contributed by atoms with Crippen LogP contribution >= 0.6 is 0 Å². The van der Waals surface area contributed by atoms with Gasteiger partial charge in [0.25, 0.3) is 0 Å². The highest BCUT2D eigenvalue weighted by molar-refractivity contribution is 6.81. The van der Waals surface area contributed by atoms with Gasteiger partial charge in [0.15, 0.2) is 0 Å². The van der Waals surface area contributed by atoms with Crippen molar-refractivity contribution in [3.8, 4) is 0 Å². The highest BCUT2D eigenvalue weighted by atomic mass is 28.3. The number of hydrogen-bond donors (Lipinski definition) is 0. The standard InChI is InChI=1S/C22H49NO2Si2/c1-9-24-26(25-10-2)18-14-17-23(22-15-12-11-13-16-22)27(19(3)4,20(5)6)21(7)8/h19-22,26H,9-18H2,1-8H3. The lowest BCUT2D eigenvalue weighted by Gasteiger charge is -2.55. The Bertz CT molecular complexity index is 357. The molecule has 1 aliphatic carbocycles. The van der Waals surface area contributed by atoms with Gasteiger partial charge >= 0.3 is 9.28 Å². The van der Waals surface area contributed by atoms with E-state index in [2.05, 4.69) is 60.0 Å². The maximum atomic E-state index is 5.95. The van der Waals surface area contributed by atoms with E-state index in [-0.39, 0.29) is 0 Å². The van der Waals surface area contributed by atoms with Gasteiger partial charge in [-0.25, -0.2) is 0 Å². The molecular formula is C22H49NO2Si2. The Morgan fingerprint density at radius 2 is 1.33 bits per heavy atom. The number of hydrogen-bond acceptors (Lipinski definition) is 3. The zero-order chi connectivity index (χ0) is 20.4. The monoisotopic (exact) mass is 415 g/mol. The largest absolute Gasteiger partial charge is 0.397 e. The average molecular weight is 416 g/mol. The average Bonchev–Trinajstić information content (AvgIpc) is 2.61. The van der Waals surface area contributed by atoms with E-state index in [1.54, 1.807) is 0 Å². The summed E-state index contributed by atoms with van der Waals surface area (Å²) in [6.07, 6.45) is 8.36. The van der Waals surface area contributed by atoms with Gasteiger partial charge in [-0.05, 0) is 62.3 Å². The lowest BCUT2D eigenvalue weighted by Crippen LogP contribution is -2.64. The molecule has 0 saturated heterocycles. The Balaban J connectivity index is 3.00. The van der Waals surface area contributed by atoms with Crippen LogP contribution in [0, 0.1) is 0 Å². The van der Waals surface area contributed by atoms with Crippen molar-refractivity contribution >= 4 is 17.5 Å². The molecule has 5 heteroatoms. The minimum absolute atomic E-state index is 0.797. The summed E-state index contributed by atoms with van der Waals surface area (Å²) in [5.74, 6) is 0. The molecule has 0 amide bonds. The Kier molecular flexibility index (Phi) is 12.0. The summed E-state index contributed by atoms with van der Waals surface area (Å²) in [5, 5.41) is 0. The fourth-order valence-electron chi connectivity index (χ4n) is 6.09. The van der Waals surface area contributed by atoms with Gasteiger partial charge in [-0.2, -0.15) is 0 Å². The van der Waals surface area contributed by atoms with E-state index in [4.69, 9.17) is 8.85 Å². The van der Waals surface area contributed by atoms with Crippen LogP contribution in [0.4, 0.5) is 0 Å². The van der Waals surface area contributed by atoms with Crippen LogP contribution in [0.3, 0.4) is 0 Å². The molecule has 27 heavy (non-hydrogen) atoms. The van der Waals surface area contributed by atoms with Gasteiger partial charge in [-0.15, -0.1) is 0 Å². The van der Waals surface area contributed by atoms with Crippen molar-refractivity contribution in [2.75, 3.05) is 19.8 Å². The van der Waals surface area contributed by atoms with E-state index in [0.717, 1.165) is 41.9 Å². The molecular weight excluding hydrogens is 366 g/mol. The Labute approximate surface area is 173 Å². The first-order valence-electron chi connectivity index (χ1n) is 11.8. The summed E-state index contributed by atoms with van der Waals surface area (Å²) < 4.78 is 15.0. The molecule has 0 radical (unpaired) electrons. The zero-order valence-electron chi connectivity index (χ0n) is 19.7. The molecule has 1 fully saturated rings. The van der Waals surface area contributed by atoms with Crippen LogP contribution < -0.4 is 0 Å². The number of rotatable bonds is 13. The van der Waals surface area contributed by atoms with Gasteiger partial charge in [-0.1, -0.05) is 60.8 Å². The van der Waals surface area contributed by atoms with Gasteiger partial charge in [0.05, 0.1) is 0 Å². The summed E-state index contributed by atoms with van der Waals surface area (Å²) >= 11 is 0. The minimum atomic E-state index is -1.59. The first kappa shape index (κ1) is 25.4. The molecule has 0 atom stereocenters. The van der Waals surface area contributed by atoms with Gasteiger partial charge in [0.1, 0.15) is 8.24 Å². The van der Waals surface area contributed by atoms with E-state index in [0.29, 0.717) is 0 Å². The first-order chi connectivity index (χ1) is 12.8. The van der Waals surface area contributed by atoms with Crippen molar-refractivity contribution in [1.82, 2.24) is 4.57 Å². The molecule has 0 N–H and O–H groups in total. The maximum absolute atomic E-state index is 5.95. The van der Waals surface area contributed by atoms with E-state index in [1.165, 1.54) is 45.1 Å². The Hall–Kier alpha value is 0.314. The van der Waals surface area contributed by atoms with Crippen molar-refractivity contribution in [1.29, 1.82) is 0 Å². The molecule has 162 valence electrons. The second-order valence-electron chi connectivity index (χ2n) is 9.32. The lowest BCUT2D eigenvalue weighted by atomic mass is 9.95. The molecule has 0 aromatic heterocycles. The van der Waals surface area contributed by atoms with Gasteiger partial charge < -0.3 is 13.4 Å². The van der Waals surface area contributed by atoms with Gasteiger partial charge in [0, 0.05) is 19.3 Å². The predicted octanol–water partition coefficient (Wildman–Crippen LogP) is 6.48. The van der Waals surface area contributed by atoms with E-state index in [1.807, 2.05) is 0 Å². The molecule has 0 bridgehead atoms. The van der Waals surface area contributed by atoms with Crippen LogP contribution in [0.5, 0.6) is 0 Å². The predicted molar refractivity (Wildman–Crippen MR) is 124 cm³/mol. The third-order valence-corrected chi connectivity index (χ3v) is 16.3. The molecule has 0 spiro atoms. The summed E-state index contributed by atoms with van der Waals surface area (Å²) in [6.45, 7) is 22.1. The topological polar surface area (TPSA) is 21.7 Å². The molecule has 1 rings (SSSR count). The SMILES string of the molecule is CCO[SiH](CCCN(C1CCCCC1)[Si](C(C)C)(C(C)C)C(C)C)OCC. The second kappa shape index (κ2) is 12.8. The highest BCUT2D eigenvalue weighted by Gasteiger charge is 2.49. The Morgan fingerprint density at radius 3 is 1.74 bits per heavy atom. The normalized spacial score (nSPS) is 17.2. The van der Waals surface area contributed by atoms with Crippen molar-refractivity contribution in [3.63, 3.8) is 0 Å². The number of nitrogens with zero attached hydrogens (tertiary/aromatic N) is 1. The molecule has 0 aliphatic heterocycles. The van der Waals surface area contributed by atoms with E-state index in [9.17, 15) is 0 Å². The molecule has 0 aromatic rings. The lowest BCUT2D eigenvalue weighted by molar-refractivity contribution is 0.206. The molecule has 0 unspecified atom stereocenters. The van der Waals surface area contributed by atoms with Gasteiger partial charge in [-0.3, -0.25) is 0 Å². The van der Waals surface area contributed by atoms with Crippen molar-refractivity contribution in [2.24, 2.45) is 0 Å².